The number of benzene rings is 3. The van der Waals surface area contributed by atoms with E-state index in [1.165, 1.54) is 58.7 Å². The molecule has 1 fully saturated rings. The number of para-hydroxylation sites is 1. The fourth-order valence-corrected chi connectivity index (χ4v) is 7.21. The van der Waals surface area contributed by atoms with Crippen molar-refractivity contribution in [3.05, 3.63) is 123 Å². The van der Waals surface area contributed by atoms with Crippen LogP contribution in [0.1, 0.15) is 50.5 Å². The van der Waals surface area contributed by atoms with Crippen molar-refractivity contribution in [2.24, 2.45) is 0 Å². The molecule has 1 aromatic heterocycles. The van der Waals surface area contributed by atoms with Crippen LogP contribution in [-0.4, -0.2) is 53.3 Å². The maximum absolute atomic E-state index is 15.4. The Bertz CT molecular complexity index is 1980. The summed E-state index contributed by atoms with van der Waals surface area (Å²) in [4.78, 5) is 55.0. The number of morpholine rings is 1. The first kappa shape index (κ1) is 29.7. The minimum absolute atomic E-state index is 0.0764. The van der Waals surface area contributed by atoms with Crippen LogP contribution in [0.3, 0.4) is 0 Å². The summed E-state index contributed by atoms with van der Waals surface area (Å²) in [5.41, 5.74) is 0.288. The second-order valence-electron chi connectivity index (χ2n) is 10.8. The summed E-state index contributed by atoms with van der Waals surface area (Å²) in [6, 6.07) is 16.3. The zero-order chi connectivity index (χ0) is 32.1. The zero-order valence-corrected chi connectivity index (χ0v) is 25.1. The number of carbonyl (C=O) groups is 3. The predicted octanol–water partition coefficient (Wildman–Crippen LogP) is 4.42. The van der Waals surface area contributed by atoms with Gasteiger partial charge in [0.25, 0.3) is 5.91 Å². The first-order chi connectivity index (χ1) is 22.2. The van der Waals surface area contributed by atoms with E-state index in [0.717, 1.165) is 22.6 Å². The number of rotatable bonds is 4. The van der Waals surface area contributed by atoms with Crippen molar-refractivity contribution in [3.8, 4) is 11.5 Å². The van der Waals surface area contributed by atoms with Crippen LogP contribution in [0, 0.1) is 11.6 Å². The SMILES string of the molecule is CC(=O)Oc1ccccc1C(=O)Oc1c2n(ccc1=O)N([C@@H]1c3ccccc3SCc3c1ccc(F)c3F)[C@@H]1COCCN1C2=O. The Morgan fingerprint density at radius 3 is 2.57 bits per heavy atom. The van der Waals surface area contributed by atoms with Crippen LogP contribution >= 0.6 is 11.8 Å². The van der Waals surface area contributed by atoms with Gasteiger partial charge in [-0.05, 0) is 35.4 Å². The summed E-state index contributed by atoms with van der Waals surface area (Å²) in [6.45, 7) is 1.62. The van der Waals surface area contributed by atoms with Crippen molar-refractivity contribution in [1.82, 2.24) is 9.58 Å². The molecule has 1 saturated heterocycles. The molecule has 1 amide bonds. The zero-order valence-electron chi connectivity index (χ0n) is 24.3. The third-order valence-corrected chi connectivity index (χ3v) is 9.20. The van der Waals surface area contributed by atoms with Crippen LogP contribution < -0.4 is 19.9 Å². The van der Waals surface area contributed by atoms with Gasteiger partial charge in [-0.3, -0.25) is 24.1 Å². The molecule has 10 nitrogen and oxygen atoms in total. The van der Waals surface area contributed by atoms with Crippen LogP contribution in [0.25, 0.3) is 0 Å². The molecular formula is C33H25F2N3O7S. The summed E-state index contributed by atoms with van der Waals surface area (Å²) >= 11 is 1.36. The first-order valence-electron chi connectivity index (χ1n) is 14.4. The Kier molecular flexibility index (Phi) is 7.57. The molecule has 3 aliphatic rings. The van der Waals surface area contributed by atoms with E-state index in [4.69, 9.17) is 14.2 Å². The number of halogens is 2. The van der Waals surface area contributed by atoms with E-state index < -0.39 is 52.9 Å². The molecule has 0 saturated carbocycles. The van der Waals surface area contributed by atoms with Gasteiger partial charge in [0.15, 0.2) is 17.3 Å². The number of hydrogen-bond donors (Lipinski definition) is 0. The van der Waals surface area contributed by atoms with Crippen molar-refractivity contribution in [3.63, 3.8) is 0 Å². The largest absolute Gasteiger partial charge is 0.426 e. The molecule has 46 heavy (non-hydrogen) atoms. The summed E-state index contributed by atoms with van der Waals surface area (Å²) in [7, 11) is 0. The first-order valence-corrected chi connectivity index (χ1v) is 15.3. The lowest BCUT2D eigenvalue weighted by Gasteiger charge is -2.51. The highest BCUT2D eigenvalue weighted by atomic mass is 32.2. The maximum Gasteiger partial charge on any atom is 0.347 e. The van der Waals surface area contributed by atoms with E-state index in [1.807, 2.05) is 24.3 Å². The molecule has 0 aliphatic carbocycles. The van der Waals surface area contributed by atoms with E-state index >= 15 is 4.39 Å². The molecule has 0 spiro atoms. The lowest BCUT2D eigenvalue weighted by molar-refractivity contribution is -0.131. The highest BCUT2D eigenvalue weighted by molar-refractivity contribution is 7.98. The number of ether oxygens (including phenoxy) is 3. The second-order valence-corrected chi connectivity index (χ2v) is 11.8. The number of nitrogens with zero attached hydrogens (tertiary/aromatic N) is 3. The molecule has 13 heteroatoms. The van der Waals surface area contributed by atoms with Gasteiger partial charge in [0.2, 0.25) is 11.2 Å². The summed E-state index contributed by atoms with van der Waals surface area (Å²) in [5.74, 6) is -4.67. The Morgan fingerprint density at radius 2 is 1.74 bits per heavy atom. The molecule has 0 radical (unpaired) electrons. The van der Waals surface area contributed by atoms with Gasteiger partial charge in [-0.15, -0.1) is 11.8 Å². The summed E-state index contributed by atoms with van der Waals surface area (Å²) in [5, 5.41) is 1.78. The second kappa shape index (κ2) is 11.7. The van der Waals surface area contributed by atoms with Gasteiger partial charge in [0.05, 0.1) is 19.3 Å². The standard InChI is InChI=1S/C33H25F2N3O7S/c1-18(39)44-25-8-4-2-6-20(25)33(42)45-31-24(40)12-13-37-30(31)32(41)36-14-15-43-16-27(36)38(37)29-19-10-11-23(34)28(35)22(19)17-46-26-9-5-3-7-21(26)29/h2-13,27,29H,14-17H2,1H3/t27-,29+/m1/s1. The number of pyridine rings is 1. The highest BCUT2D eigenvalue weighted by Gasteiger charge is 2.46. The fourth-order valence-electron chi connectivity index (χ4n) is 6.10. The number of amides is 1. The topological polar surface area (TPSA) is 107 Å². The van der Waals surface area contributed by atoms with Crippen molar-refractivity contribution in [1.29, 1.82) is 0 Å². The maximum atomic E-state index is 15.4. The average Bonchev–Trinajstić information content (AvgIpc) is 3.21. The minimum atomic E-state index is -1.02. The normalized spacial score (nSPS) is 18.5. The average molecular weight is 646 g/mol. The lowest BCUT2D eigenvalue weighted by Crippen LogP contribution is -2.66. The number of thioether (sulfide) groups is 1. The minimum Gasteiger partial charge on any atom is -0.426 e. The Labute approximate surface area is 265 Å². The van der Waals surface area contributed by atoms with Crippen molar-refractivity contribution < 1.29 is 37.4 Å². The van der Waals surface area contributed by atoms with E-state index in [9.17, 15) is 23.6 Å². The van der Waals surface area contributed by atoms with Gasteiger partial charge in [-0.25, -0.2) is 13.6 Å². The van der Waals surface area contributed by atoms with Crippen LogP contribution in [0.2, 0.25) is 0 Å². The molecule has 234 valence electrons. The number of esters is 2. The van der Waals surface area contributed by atoms with Crippen LogP contribution in [0.15, 0.2) is 82.6 Å². The van der Waals surface area contributed by atoms with Gasteiger partial charge < -0.3 is 19.1 Å². The Balaban J connectivity index is 1.43. The molecule has 3 aliphatic heterocycles. The molecular weight excluding hydrogens is 620 g/mol. The van der Waals surface area contributed by atoms with Crippen molar-refractivity contribution >= 4 is 29.6 Å². The molecule has 7 rings (SSSR count). The Morgan fingerprint density at radius 1 is 0.957 bits per heavy atom. The predicted molar refractivity (Wildman–Crippen MR) is 161 cm³/mol. The molecule has 3 aromatic carbocycles. The number of aromatic nitrogens is 1. The third kappa shape index (κ3) is 4.92. The third-order valence-electron chi connectivity index (χ3n) is 8.09. The van der Waals surface area contributed by atoms with Crippen LogP contribution in [0.5, 0.6) is 11.5 Å². The molecule has 4 heterocycles. The number of fused-ring (bicyclic) bond motifs is 4. The highest BCUT2D eigenvalue weighted by Crippen LogP contribution is 2.45. The lowest BCUT2D eigenvalue weighted by atomic mass is 9.93. The van der Waals surface area contributed by atoms with Crippen molar-refractivity contribution in [2.45, 2.75) is 29.8 Å². The van der Waals surface area contributed by atoms with E-state index in [0.29, 0.717) is 5.56 Å². The summed E-state index contributed by atoms with van der Waals surface area (Å²) < 4.78 is 48.0. The van der Waals surface area contributed by atoms with E-state index in [1.54, 1.807) is 11.1 Å². The van der Waals surface area contributed by atoms with Gasteiger partial charge in [0, 0.05) is 41.9 Å². The van der Waals surface area contributed by atoms with Crippen LogP contribution in [-0.2, 0) is 15.3 Å². The molecule has 4 aromatic rings. The molecule has 0 N–H and O–H groups in total. The molecule has 0 bridgehead atoms. The molecule has 2 atom stereocenters. The Hall–Kier alpha value is -5.01. The van der Waals surface area contributed by atoms with Crippen molar-refractivity contribution in [2.75, 3.05) is 24.8 Å². The summed E-state index contributed by atoms with van der Waals surface area (Å²) in [6.07, 6.45) is 0.665. The van der Waals surface area contributed by atoms with Crippen LogP contribution in [0.4, 0.5) is 8.78 Å². The van der Waals surface area contributed by atoms with E-state index in [-0.39, 0.29) is 48.1 Å². The molecule has 0 unspecified atom stereocenters. The number of hydrogen-bond acceptors (Lipinski definition) is 9. The van der Waals surface area contributed by atoms with Gasteiger partial charge >= 0.3 is 11.9 Å². The quantitative estimate of drug-likeness (QED) is 0.236. The number of carbonyl (C=O) groups excluding carboxylic acids is 3. The fraction of sp³-hybridized carbons (Fsp3) is 0.212. The van der Waals surface area contributed by atoms with Gasteiger partial charge in [0.1, 0.15) is 17.5 Å². The monoisotopic (exact) mass is 645 g/mol. The van der Waals surface area contributed by atoms with Gasteiger partial charge in [-0.2, -0.15) is 0 Å². The van der Waals surface area contributed by atoms with E-state index in [2.05, 4.69) is 0 Å². The van der Waals surface area contributed by atoms with Gasteiger partial charge in [-0.1, -0.05) is 36.4 Å². The smallest absolute Gasteiger partial charge is 0.347 e.